The molecule has 0 aliphatic heterocycles. The molecule has 0 saturated carbocycles. The van der Waals surface area contributed by atoms with Crippen molar-refractivity contribution in [2.75, 3.05) is 19.0 Å². The first-order valence-corrected chi connectivity index (χ1v) is 11.8. The first-order chi connectivity index (χ1) is 18.0. The Bertz CT molecular complexity index is 1560. The number of ether oxygens (including phenoxy) is 1. The Morgan fingerprint density at radius 3 is 2.57 bits per heavy atom. The van der Waals surface area contributed by atoms with Gasteiger partial charge in [-0.1, -0.05) is 18.2 Å². The summed E-state index contributed by atoms with van der Waals surface area (Å²) in [4.78, 5) is 23.7. The summed E-state index contributed by atoms with van der Waals surface area (Å²) in [6, 6.07) is 23.6. The van der Waals surface area contributed by atoms with E-state index in [-0.39, 0.29) is 18.0 Å². The Kier molecular flexibility index (Phi) is 6.78. The van der Waals surface area contributed by atoms with E-state index in [9.17, 15) is 14.9 Å². The second kappa shape index (κ2) is 10.5. The van der Waals surface area contributed by atoms with E-state index in [2.05, 4.69) is 9.88 Å². The SMILES string of the molecule is COCCn1ccc2cc(NC(=O)Cc3cn(-c4ccccc4)nc3-c3ccc([N+](=O)[O-])cc3)ccc21. The molecule has 0 unspecified atom stereocenters. The molecule has 5 rings (SSSR count). The molecule has 0 aliphatic carbocycles. The fraction of sp³-hybridized carbons (Fsp3) is 0.143. The Labute approximate surface area is 213 Å². The maximum Gasteiger partial charge on any atom is 0.269 e. The van der Waals surface area contributed by atoms with Gasteiger partial charge in [0.15, 0.2) is 0 Å². The number of aromatic nitrogens is 3. The van der Waals surface area contributed by atoms with Gasteiger partial charge in [-0.2, -0.15) is 5.10 Å². The number of amides is 1. The van der Waals surface area contributed by atoms with Crippen LogP contribution in [0.2, 0.25) is 0 Å². The maximum atomic E-state index is 13.1. The highest BCUT2D eigenvalue weighted by atomic mass is 16.6. The molecule has 0 fully saturated rings. The highest BCUT2D eigenvalue weighted by molar-refractivity contribution is 5.95. The molecule has 9 heteroatoms. The van der Waals surface area contributed by atoms with E-state index < -0.39 is 4.92 Å². The quantitative estimate of drug-likeness (QED) is 0.223. The summed E-state index contributed by atoms with van der Waals surface area (Å²) in [5.41, 5.74) is 4.62. The van der Waals surface area contributed by atoms with Crippen LogP contribution >= 0.6 is 0 Å². The van der Waals surface area contributed by atoms with Gasteiger partial charge < -0.3 is 14.6 Å². The average molecular weight is 496 g/mol. The number of nitrogens with zero attached hydrogens (tertiary/aromatic N) is 4. The lowest BCUT2D eigenvalue weighted by atomic mass is 10.1. The lowest BCUT2D eigenvalue weighted by Crippen LogP contribution is -2.14. The zero-order valence-electron chi connectivity index (χ0n) is 20.2. The van der Waals surface area contributed by atoms with Gasteiger partial charge in [0.2, 0.25) is 5.91 Å². The van der Waals surface area contributed by atoms with Gasteiger partial charge in [-0.05, 0) is 48.5 Å². The molecule has 0 bridgehead atoms. The second-order valence-corrected chi connectivity index (χ2v) is 8.59. The van der Waals surface area contributed by atoms with Gasteiger partial charge in [-0.25, -0.2) is 4.68 Å². The number of nitrogens with one attached hydrogen (secondary N) is 1. The molecule has 2 aromatic heterocycles. The number of hydrogen-bond donors (Lipinski definition) is 1. The van der Waals surface area contributed by atoms with Crippen LogP contribution in [0.15, 0.2) is 91.3 Å². The minimum absolute atomic E-state index is 0.00280. The summed E-state index contributed by atoms with van der Waals surface area (Å²) >= 11 is 0. The van der Waals surface area contributed by atoms with E-state index in [1.54, 1.807) is 23.9 Å². The standard InChI is InChI=1S/C28H25N5O4/c1-37-16-15-31-14-13-21-17-23(9-12-26(21)31)29-27(34)18-22-19-32(24-5-3-2-4-6-24)30-28(22)20-7-10-25(11-8-20)33(35)36/h2-14,17,19H,15-16,18H2,1H3,(H,29,34). The number of carbonyl (C=O) groups is 1. The number of carbonyl (C=O) groups excluding carboxylic acids is 1. The predicted molar refractivity (Wildman–Crippen MR) is 142 cm³/mol. The van der Waals surface area contributed by atoms with Crippen molar-refractivity contribution in [1.29, 1.82) is 0 Å². The largest absolute Gasteiger partial charge is 0.383 e. The van der Waals surface area contributed by atoms with Crippen molar-refractivity contribution < 1.29 is 14.5 Å². The highest BCUT2D eigenvalue weighted by Gasteiger charge is 2.17. The Morgan fingerprint density at radius 1 is 1.05 bits per heavy atom. The number of benzene rings is 3. The molecule has 0 atom stereocenters. The van der Waals surface area contributed by atoms with Crippen LogP contribution in [0.3, 0.4) is 0 Å². The summed E-state index contributed by atoms with van der Waals surface area (Å²) in [5, 5.41) is 19.8. The number of hydrogen-bond acceptors (Lipinski definition) is 5. The molecule has 5 aromatic rings. The number of non-ortho nitro benzene ring substituents is 1. The zero-order chi connectivity index (χ0) is 25.8. The summed E-state index contributed by atoms with van der Waals surface area (Å²) in [7, 11) is 1.68. The van der Waals surface area contributed by atoms with Gasteiger partial charge >= 0.3 is 0 Å². The van der Waals surface area contributed by atoms with E-state index in [0.717, 1.165) is 23.1 Å². The van der Waals surface area contributed by atoms with Crippen LogP contribution in [-0.4, -0.2) is 38.9 Å². The van der Waals surface area contributed by atoms with Crippen LogP contribution in [0.25, 0.3) is 27.8 Å². The summed E-state index contributed by atoms with van der Waals surface area (Å²) in [6.45, 7) is 1.37. The molecule has 3 aromatic carbocycles. The van der Waals surface area contributed by atoms with Crippen molar-refractivity contribution in [3.05, 3.63) is 107 Å². The van der Waals surface area contributed by atoms with Crippen molar-refractivity contribution in [2.24, 2.45) is 0 Å². The Hall–Kier alpha value is -4.76. The number of nitro benzene ring substituents is 1. The second-order valence-electron chi connectivity index (χ2n) is 8.59. The average Bonchev–Trinajstić information content (AvgIpc) is 3.52. The van der Waals surface area contributed by atoms with E-state index in [0.29, 0.717) is 29.1 Å². The van der Waals surface area contributed by atoms with Gasteiger partial charge in [0.25, 0.3) is 5.69 Å². The van der Waals surface area contributed by atoms with Crippen LogP contribution < -0.4 is 5.32 Å². The molecular weight excluding hydrogens is 470 g/mol. The molecule has 1 N–H and O–H groups in total. The Morgan fingerprint density at radius 2 is 1.84 bits per heavy atom. The zero-order valence-corrected chi connectivity index (χ0v) is 20.2. The van der Waals surface area contributed by atoms with Crippen molar-refractivity contribution >= 4 is 28.2 Å². The number of anilines is 1. The Balaban J connectivity index is 1.40. The summed E-state index contributed by atoms with van der Waals surface area (Å²) in [5.74, 6) is -0.186. The number of para-hydroxylation sites is 1. The summed E-state index contributed by atoms with van der Waals surface area (Å²) in [6.07, 6.45) is 3.92. The molecule has 2 heterocycles. The van der Waals surface area contributed by atoms with Crippen molar-refractivity contribution in [1.82, 2.24) is 14.3 Å². The minimum atomic E-state index is -0.441. The number of nitro groups is 1. The third-order valence-electron chi connectivity index (χ3n) is 6.10. The molecule has 9 nitrogen and oxygen atoms in total. The molecule has 1 amide bonds. The molecular formula is C28H25N5O4. The highest BCUT2D eigenvalue weighted by Crippen LogP contribution is 2.27. The molecule has 37 heavy (non-hydrogen) atoms. The minimum Gasteiger partial charge on any atom is -0.383 e. The van der Waals surface area contributed by atoms with Crippen LogP contribution in [0.5, 0.6) is 0 Å². The normalized spacial score (nSPS) is 11.1. The molecule has 0 spiro atoms. The van der Waals surface area contributed by atoms with E-state index in [1.807, 2.05) is 67.0 Å². The summed E-state index contributed by atoms with van der Waals surface area (Å²) < 4.78 is 9.00. The number of rotatable bonds is 9. The number of methoxy groups -OCH3 is 1. The number of fused-ring (bicyclic) bond motifs is 1. The van der Waals surface area contributed by atoms with Crippen LogP contribution in [-0.2, 0) is 22.5 Å². The lowest BCUT2D eigenvalue weighted by molar-refractivity contribution is -0.384. The van der Waals surface area contributed by atoms with Crippen LogP contribution in [0.1, 0.15) is 5.56 Å². The van der Waals surface area contributed by atoms with Crippen LogP contribution in [0, 0.1) is 10.1 Å². The van der Waals surface area contributed by atoms with E-state index in [1.165, 1.54) is 12.1 Å². The maximum absolute atomic E-state index is 13.1. The third kappa shape index (κ3) is 5.26. The lowest BCUT2D eigenvalue weighted by Gasteiger charge is -2.08. The molecule has 186 valence electrons. The third-order valence-corrected chi connectivity index (χ3v) is 6.10. The fourth-order valence-electron chi connectivity index (χ4n) is 4.28. The smallest absolute Gasteiger partial charge is 0.269 e. The van der Waals surface area contributed by atoms with E-state index in [4.69, 9.17) is 9.84 Å². The van der Waals surface area contributed by atoms with Crippen LogP contribution in [0.4, 0.5) is 11.4 Å². The van der Waals surface area contributed by atoms with Gasteiger partial charge in [-0.15, -0.1) is 0 Å². The van der Waals surface area contributed by atoms with Crippen molar-refractivity contribution in [2.45, 2.75) is 13.0 Å². The first kappa shape index (κ1) is 24.0. The molecule has 0 aliphatic rings. The first-order valence-electron chi connectivity index (χ1n) is 11.8. The molecule has 0 radical (unpaired) electrons. The van der Waals surface area contributed by atoms with Crippen molar-refractivity contribution in [3.63, 3.8) is 0 Å². The van der Waals surface area contributed by atoms with Gasteiger partial charge in [0.1, 0.15) is 0 Å². The fourth-order valence-corrected chi connectivity index (χ4v) is 4.28. The van der Waals surface area contributed by atoms with Gasteiger partial charge in [0, 0.05) is 65.9 Å². The van der Waals surface area contributed by atoms with Crippen molar-refractivity contribution in [3.8, 4) is 16.9 Å². The topological polar surface area (TPSA) is 104 Å². The molecule has 0 saturated heterocycles. The predicted octanol–water partition coefficient (Wildman–Crippen LogP) is 5.23. The van der Waals surface area contributed by atoms with Gasteiger partial charge in [-0.3, -0.25) is 14.9 Å². The monoisotopic (exact) mass is 495 g/mol. The van der Waals surface area contributed by atoms with E-state index >= 15 is 0 Å². The van der Waals surface area contributed by atoms with Gasteiger partial charge in [0.05, 0.1) is 29.3 Å².